The number of aryl methyl sites for hydroxylation is 2. The van der Waals surface area contributed by atoms with Crippen molar-refractivity contribution in [1.29, 1.82) is 0 Å². The molecule has 2 aromatic rings. The van der Waals surface area contributed by atoms with E-state index in [2.05, 4.69) is 5.32 Å². The van der Waals surface area contributed by atoms with Gasteiger partial charge in [0, 0.05) is 17.8 Å². The van der Waals surface area contributed by atoms with E-state index < -0.39 is 5.91 Å². The summed E-state index contributed by atoms with van der Waals surface area (Å²) in [4.78, 5) is 40.7. The maximum absolute atomic E-state index is 12.8. The van der Waals surface area contributed by atoms with Gasteiger partial charge in [0.25, 0.3) is 11.8 Å². The van der Waals surface area contributed by atoms with Crippen molar-refractivity contribution in [2.45, 2.75) is 58.3 Å². The molecule has 0 radical (unpaired) electrons. The molecule has 0 spiro atoms. The third-order valence-corrected chi connectivity index (χ3v) is 8.79. The van der Waals surface area contributed by atoms with E-state index in [-0.39, 0.29) is 11.8 Å². The van der Waals surface area contributed by atoms with Crippen LogP contribution in [0.3, 0.4) is 0 Å². The molecule has 0 saturated carbocycles. The Hall–Kier alpha value is -2.49. The lowest BCUT2D eigenvalue weighted by Gasteiger charge is -2.14. The number of amides is 3. The number of nitrogens with zero attached hydrogens (tertiary/aromatic N) is 1. The number of primary amides is 1. The highest BCUT2D eigenvalue weighted by Gasteiger charge is 2.31. The Morgan fingerprint density at radius 2 is 1.89 bits per heavy atom. The molecule has 3 amide bonds. The summed E-state index contributed by atoms with van der Waals surface area (Å²) < 4.78 is 0.576. The fourth-order valence-electron chi connectivity index (χ4n) is 4.34. The summed E-state index contributed by atoms with van der Waals surface area (Å²) in [6.07, 6.45) is 8.41. The van der Waals surface area contributed by atoms with Gasteiger partial charge in [-0.2, -0.15) is 0 Å². The van der Waals surface area contributed by atoms with Crippen molar-refractivity contribution in [3.63, 3.8) is 0 Å². The van der Waals surface area contributed by atoms with Crippen LogP contribution in [-0.4, -0.2) is 33.5 Å². The minimum absolute atomic E-state index is 0.0565. The number of carbonyl (C=O) groups is 3. The van der Waals surface area contributed by atoms with Crippen LogP contribution in [0.25, 0.3) is 6.08 Å². The number of nitrogens with two attached hydrogens (primary N) is 1. The Morgan fingerprint density at radius 3 is 2.63 bits per heavy atom. The lowest BCUT2D eigenvalue weighted by atomic mass is 9.95. The van der Waals surface area contributed by atoms with Crippen LogP contribution in [0.4, 0.5) is 5.00 Å². The van der Waals surface area contributed by atoms with Gasteiger partial charge in [0.2, 0.25) is 5.91 Å². The zero-order valence-corrected chi connectivity index (χ0v) is 22.2. The van der Waals surface area contributed by atoms with Crippen LogP contribution < -0.4 is 11.1 Å². The van der Waals surface area contributed by atoms with E-state index in [1.165, 1.54) is 33.5 Å². The van der Waals surface area contributed by atoms with E-state index in [1.54, 1.807) is 4.90 Å². The molecule has 2 aliphatic rings. The van der Waals surface area contributed by atoms with Crippen LogP contribution >= 0.6 is 35.3 Å². The van der Waals surface area contributed by atoms with Gasteiger partial charge in [-0.15, -0.1) is 11.3 Å². The van der Waals surface area contributed by atoms with Crippen LogP contribution in [0.5, 0.6) is 0 Å². The van der Waals surface area contributed by atoms with Gasteiger partial charge >= 0.3 is 0 Å². The average molecular weight is 528 g/mol. The van der Waals surface area contributed by atoms with Crippen molar-refractivity contribution >= 4 is 68.4 Å². The zero-order chi connectivity index (χ0) is 24.9. The molecule has 1 fully saturated rings. The number of thiophene rings is 1. The number of anilines is 1. The maximum Gasteiger partial charge on any atom is 0.266 e. The lowest BCUT2D eigenvalue weighted by molar-refractivity contribution is -0.122. The van der Waals surface area contributed by atoms with Gasteiger partial charge in [0.15, 0.2) is 0 Å². The first-order valence-corrected chi connectivity index (χ1v) is 13.9. The van der Waals surface area contributed by atoms with Gasteiger partial charge in [0.1, 0.15) is 9.32 Å². The molecule has 9 heteroatoms. The highest BCUT2D eigenvalue weighted by molar-refractivity contribution is 8.26. The molecule has 3 N–H and O–H groups in total. The van der Waals surface area contributed by atoms with E-state index in [1.807, 2.05) is 37.3 Å². The fraction of sp³-hybridized carbons (Fsp3) is 0.385. The van der Waals surface area contributed by atoms with E-state index in [4.69, 9.17) is 18.0 Å². The van der Waals surface area contributed by atoms with Crippen molar-refractivity contribution in [2.75, 3.05) is 11.9 Å². The first-order valence-electron chi connectivity index (χ1n) is 11.9. The Balaban J connectivity index is 1.23. The quantitative estimate of drug-likeness (QED) is 0.258. The summed E-state index contributed by atoms with van der Waals surface area (Å²) in [6.45, 7) is 2.57. The molecule has 1 saturated heterocycles. The first kappa shape index (κ1) is 25.6. The molecule has 0 bridgehead atoms. The van der Waals surface area contributed by atoms with Crippen molar-refractivity contribution in [3.05, 3.63) is 56.3 Å². The number of rotatable bonds is 9. The number of thioether (sulfide) groups is 1. The normalized spacial score (nSPS) is 16.6. The second-order valence-corrected chi connectivity index (χ2v) is 11.7. The molecule has 6 nitrogen and oxygen atoms in total. The van der Waals surface area contributed by atoms with Crippen LogP contribution in [0.1, 0.15) is 70.5 Å². The molecule has 2 heterocycles. The number of nitrogens with one attached hydrogen (secondary N) is 1. The van der Waals surface area contributed by atoms with Gasteiger partial charge in [-0.1, -0.05) is 60.2 Å². The second-order valence-electron chi connectivity index (χ2n) is 8.88. The van der Waals surface area contributed by atoms with Gasteiger partial charge < -0.3 is 11.1 Å². The summed E-state index contributed by atoms with van der Waals surface area (Å²) in [5.41, 5.74) is 9.27. The Labute approximate surface area is 219 Å². The number of fused-ring (bicyclic) bond motifs is 1. The minimum atomic E-state index is -0.473. The molecular formula is C26H29N3O3S3. The highest BCUT2D eigenvalue weighted by Crippen LogP contribution is 2.38. The van der Waals surface area contributed by atoms with Gasteiger partial charge in [-0.3, -0.25) is 19.3 Å². The van der Waals surface area contributed by atoms with Crippen molar-refractivity contribution < 1.29 is 14.4 Å². The molecule has 0 atom stereocenters. The predicted molar refractivity (Wildman–Crippen MR) is 148 cm³/mol. The standard InChI is InChI=1S/C26H29N3O3S3/c1-16-10-12-17(13-11-16)15-20-25(32)29(26(33)35-20)14-6-2-3-9-21(30)28-24-22(23(27)31)18-7-4-5-8-19(18)34-24/h10-13,15H,2-9,14H2,1H3,(H2,27,31)(H,28,30). The van der Waals surface area contributed by atoms with Crippen LogP contribution in [0.15, 0.2) is 29.2 Å². The van der Waals surface area contributed by atoms with Gasteiger partial charge in [-0.25, -0.2) is 0 Å². The SMILES string of the molecule is Cc1ccc(C=C2SC(=S)N(CCCCCC(=O)Nc3sc4c(c3C(N)=O)CCCC4)C2=O)cc1. The predicted octanol–water partition coefficient (Wildman–Crippen LogP) is 5.43. The van der Waals surface area contributed by atoms with Gasteiger partial charge in [-0.05, 0) is 62.7 Å². The van der Waals surface area contributed by atoms with E-state index in [0.717, 1.165) is 49.7 Å². The number of hydrogen-bond acceptors (Lipinski definition) is 6. The third kappa shape index (κ3) is 6.20. The minimum Gasteiger partial charge on any atom is -0.365 e. The molecular weight excluding hydrogens is 499 g/mol. The second kappa shape index (κ2) is 11.5. The Kier molecular flexibility index (Phi) is 8.41. The zero-order valence-electron chi connectivity index (χ0n) is 19.7. The summed E-state index contributed by atoms with van der Waals surface area (Å²) in [6, 6.07) is 8.02. The van der Waals surface area contributed by atoms with Crippen molar-refractivity contribution in [3.8, 4) is 0 Å². The highest BCUT2D eigenvalue weighted by atomic mass is 32.2. The lowest BCUT2D eigenvalue weighted by Crippen LogP contribution is -2.29. The molecule has 1 aliphatic heterocycles. The average Bonchev–Trinajstić information content (AvgIpc) is 3.31. The van der Waals surface area contributed by atoms with Crippen LogP contribution in [-0.2, 0) is 22.4 Å². The molecule has 4 rings (SSSR count). The Bertz CT molecular complexity index is 1180. The summed E-state index contributed by atoms with van der Waals surface area (Å²) in [5.74, 6) is -0.642. The number of carbonyl (C=O) groups excluding carboxylic acids is 3. The first-order chi connectivity index (χ1) is 16.8. The molecule has 184 valence electrons. The van der Waals surface area contributed by atoms with E-state index in [9.17, 15) is 14.4 Å². The largest absolute Gasteiger partial charge is 0.365 e. The topological polar surface area (TPSA) is 92.5 Å². The fourth-order valence-corrected chi connectivity index (χ4v) is 6.96. The van der Waals surface area contributed by atoms with Crippen LogP contribution in [0.2, 0.25) is 0 Å². The van der Waals surface area contributed by atoms with Crippen molar-refractivity contribution in [1.82, 2.24) is 4.90 Å². The smallest absolute Gasteiger partial charge is 0.266 e. The third-order valence-electron chi connectivity index (χ3n) is 6.20. The van der Waals surface area contributed by atoms with Crippen LogP contribution in [0, 0.1) is 6.92 Å². The summed E-state index contributed by atoms with van der Waals surface area (Å²) in [7, 11) is 0. The van der Waals surface area contributed by atoms with E-state index >= 15 is 0 Å². The maximum atomic E-state index is 12.8. The summed E-state index contributed by atoms with van der Waals surface area (Å²) in [5, 5.41) is 3.50. The number of thiocarbonyl (C=S) groups is 1. The number of unbranched alkanes of at least 4 members (excludes halogenated alkanes) is 2. The monoisotopic (exact) mass is 527 g/mol. The van der Waals surface area contributed by atoms with Gasteiger partial charge in [0.05, 0.1) is 10.5 Å². The molecule has 0 unspecified atom stereocenters. The molecule has 1 aromatic carbocycles. The number of benzene rings is 1. The molecule has 35 heavy (non-hydrogen) atoms. The number of hydrogen-bond donors (Lipinski definition) is 2. The Morgan fingerprint density at radius 1 is 1.14 bits per heavy atom. The molecule has 1 aliphatic carbocycles. The van der Waals surface area contributed by atoms with Crippen molar-refractivity contribution in [2.24, 2.45) is 5.73 Å². The summed E-state index contributed by atoms with van der Waals surface area (Å²) >= 11 is 8.24. The molecule has 1 aromatic heterocycles. The van der Waals surface area contributed by atoms with E-state index in [0.29, 0.717) is 39.2 Å².